The van der Waals surface area contributed by atoms with Gasteiger partial charge in [0.25, 0.3) is 5.56 Å². The molecule has 0 fully saturated rings. The van der Waals surface area contributed by atoms with Crippen molar-refractivity contribution < 1.29 is 0 Å². The van der Waals surface area contributed by atoms with E-state index in [9.17, 15) is 9.59 Å². The van der Waals surface area contributed by atoms with E-state index >= 15 is 0 Å². The summed E-state index contributed by atoms with van der Waals surface area (Å²) < 4.78 is 1.95. The van der Waals surface area contributed by atoms with Crippen LogP contribution in [-0.2, 0) is 0 Å². The lowest BCUT2D eigenvalue weighted by Gasteiger charge is -1.87. The summed E-state index contributed by atoms with van der Waals surface area (Å²) in [5.74, 6) is 0. The number of halogens is 1. The molecule has 0 saturated heterocycles. The predicted octanol–water partition coefficient (Wildman–Crippen LogP) is -0.685. The first kappa shape index (κ1) is 7.53. The van der Waals surface area contributed by atoms with Gasteiger partial charge in [0.05, 0.1) is 6.20 Å². The van der Waals surface area contributed by atoms with Crippen LogP contribution >= 0.6 is 22.6 Å². The first-order valence-electron chi connectivity index (χ1n) is 3.04. The molecule has 0 atom stereocenters. The Balaban J connectivity index is 3.08. The van der Waals surface area contributed by atoms with Crippen molar-refractivity contribution in [3.8, 4) is 0 Å². The minimum atomic E-state index is -0.540. The van der Waals surface area contributed by atoms with Crippen LogP contribution in [0.25, 0.3) is 5.65 Å². The summed E-state index contributed by atoms with van der Waals surface area (Å²) in [6.07, 6.45) is 1.56. The Morgan fingerprint density at radius 3 is 3.00 bits per heavy atom. The maximum absolute atomic E-state index is 11.1. The largest absolute Gasteiger partial charge is 0.340 e. The van der Waals surface area contributed by atoms with Gasteiger partial charge in [-0.2, -0.15) is 0 Å². The molecule has 0 aromatic carbocycles. The second-order valence-electron chi connectivity index (χ2n) is 2.15. The summed E-state index contributed by atoms with van der Waals surface area (Å²) in [4.78, 5) is 27.8. The number of imidazole rings is 1. The first-order valence-corrected chi connectivity index (χ1v) is 4.12. The number of hydrogen-bond donors (Lipinski definition) is 2. The number of nitrogens with zero attached hydrogens (tertiary/aromatic N) is 2. The molecule has 2 rings (SSSR count). The van der Waals surface area contributed by atoms with Crippen molar-refractivity contribution in [3.63, 3.8) is 0 Å². The minimum Gasteiger partial charge on any atom is -0.270 e. The highest BCUT2D eigenvalue weighted by Crippen LogP contribution is 1.99. The quantitative estimate of drug-likeness (QED) is 0.626. The molecule has 0 aliphatic heterocycles. The average molecular weight is 278 g/mol. The second-order valence-corrected chi connectivity index (χ2v) is 3.26. The third-order valence-corrected chi connectivity index (χ3v) is 1.85. The van der Waals surface area contributed by atoms with Gasteiger partial charge in [-0.1, -0.05) is 0 Å². The Kier molecular flexibility index (Phi) is 1.53. The van der Waals surface area contributed by atoms with Gasteiger partial charge in [-0.3, -0.25) is 9.78 Å². The molecule has 2 N–H and O–H groups in total. The summed E-state index contributed by atoms with van der Waals surface area (Å²) in [7, 11) is 0. The average Bonchev–Trinajstić information content (AvgIpc) is 2.29. The third kappa shape index (κ3) is 1.05. The van der Waals surface area contributed by atoms with E-state index in [1.807, 2.05) is 22.6 Å². The molecule has 0 saturated carbocycles. The molecule has 0 aliphatic rings. The fourth-order valence-electron chi connectivity index (χ4n) is 0.893. The molecule has 6 nitrogen and oxygen atoms in total. The van der Waals surface area contributed by atoms with Crippen molar-refractivity contribution in [1.82, 2.24) is 19.6 Å². The molecule has 2 aromatic heterocycles. The highest BCUT2D eigenvalue weighted by molar-refractivity contribution is 14.1. The van der Waals surface area contributed by atoms with E-state index in [0.29, 0.717) is 3.70 Å². The summed E-state index contributed by atoms with van der Waals surface area (Å²) in [6.45, 7) is 0. The van der Waals surface area contributed by atoms with E-state index in [1.165, 1.54) is 4.52 Å². The standard InChI is InChI=1S/C5H3IN4O2/c6-2-1-10-3(7-2)4(11)8-5(12)9-10/h1H,(H2,8,9,11,12). The summed E-state index contributed by atoms with van der Waals surface area (Å²) in [5.41, 5.74) is -0.832. The normalized spacial score (nSPS) is 10.8. The molecule has 0 spiro atoms. The van der Waals surface area contributed by atoms with Gasteiger partial charge in [0.2, 0.25) is 5.65 Å². The van der Waals surface area contributed by atoms with Crippen LogP contribution in [0.5, 0.6) is 0 Å². The van der Waals surface area contributed by atoms with Crippen LogP contribution in [0.1, 0.15) is 0 Å². The van der Waals surface area contributed by atoms with Crippen LogP contribution in [0.3, 0.4) is 0 Å². The number of fused-ring (bicyclic) bond motifs is 1. The highest BCUT2D eigenvalue weighted by Gasteiger charge is 2.02. The summed E-state index contributed by atoms with van der Waals surface area (Å²) in [6, 6.07) is 0. The molecule has 2 heterocycles. The number of rotatable bonds is 0. The molecule has 0 radical (unpaired) electrons. The predicted molar refractivity (Wildman–Crippen MR) is 49.2 cm³/mol. The van der Waals surface area contributed by atoms with Gasteiger partial charge >= 0.3 is 5.69 Å². The number of aromatic nitrogens is 4. The van der Waals surface area contributed by atoms with Crippen molar-refractivity contribution in [1.29, 1.82) is 0 Å². The van der Waals surface area contributed by atoms with Crippen molar-refractivity contribution in [2.24, 2.45) is 0 Å². The smallest absolute Gasteiger partial charge is 0.270 e. The molecule has 62 valence electrons. The van der Waals surface area contributed by atoms with Crippen molar-refractivity contribution >= 4 is 28.2 Å². The van der Waals surface area contributed by atoms with E-state index in [-0.39, 0.29) is 5.65 Å². The molecule has 12 heavy (non-hydrogen) atoms. The first-order chi connectivity index (χ1) is 5.66. The van der Waals surface area contributed by atoms with E-state index in [2.05, 4.69) is 15.1 Å². The van der Waals surface area contributed by atoms with Crippen LogP contribution in [0.15, 0.2) is 15.8 Å². The molecule has 7 heteroatoms. The maximum atomic E-state index is 11.1. The SMILES string of the molecule is O=c1[nH]c(=O)c2nc(I)cn2[nH]1. The van der Waals surface area contributed by atoms with E-state index in [1.54, 1.807) is 6.20 Å². The Bertz CT molecular complexity index is 536. The maximum Gasteiger partial charge on any atom is 0.340 e. The summed E-state index contributed by atoms with van der Waals surface area (Å²) in [5, 5.41) is 2.39. The second kappa shape index (κ2) is 2.44. The van der Waals surface area contributed by atoms with Crippen molar-refractivity contribution in [2.45, 2.75) is 0 Å². The number of hydrogen-bond acceptors (Lipinski definition) is 3. The van der Waals surface area contributed by atoms with Gasteiger partial charge in [-0.25, -0.2) is 19.4 Å². The number of H-pyrrole nitrogens is 2. The van der Waals surface area contributed by atoms with Gasteiger partial charge in [0.15, 0.2) is 0 Å². The Morgan fingerprint density at radius 2 is 2.25 bits per heavy atom. The zero-order valence-corrected chi connectivity index (χ0v) is 7.82. The minimum absolute atomic E-state index is 0.194. The molecule has 0 aliphatic carbocycles. The van der Waals surface area contributed by atoms with Crippen molar-refractivity contribution in [3.05, 3.63) is 30.7 Å². The lowest BCUT2D eigenvalue weighted by Crippen LogP contribution is -2.25. The zero-order valence-electron chi connectivity index (χ0n) is 5.67. The fraction of sp³-hybridized carbons (Fsp3) is 0. The highest BCUT2D eigenvalue weighted by atomic mass is 127. The molecule has 0 amide bonds. The monoisotopic (exact) mass is 278 g/mol. The third-order valence-electron chi connectivity index (χ3n) is 1.33. The Labute approximate surface area is 78.8 Å². The van der Waals surface area contributed by atoms with Gasteiger partial charge in [-0.15, -0.1) is 0 Å². The fourth-order valence-corrected chi connectivity index (χ4v) is 1.40. The molecule has 0 unspecified atom stereocenters. The van der Waals surface area contributed by atoms with Crippen LogP contribution in [0.2, 0.25) is 0 Å². The molecule has 0 bridgehead atoms. The van der Waals surface area contributed by atoms with Crippen molar-refractivity contribution in [2.75, 3.05) is 0 Å². The molecular formula is C5H3IN4O2. The van der Waals surface area contributed by atoms with E-state index < -0.39 is 11.2 Å². The molecular weight excluding hydrogens is 275 g/mol. The van der Waals surface area contributed by atoms with E-state index in [0.717, 1.165) is 0 Å². The molecule has 2 aromatic rings. The number of nitrogens with one attached hydrogen (secondary N) is 2. The van der Waals surface area contributed by atoms with Gasteiger partial charge in [-0.05, 0) is 22.6 Å². The number of aromatic amines is 2. The van der Waals surface area contributed by atoms with Crippen LogP contribution < -0.4 is 11.2 Å². The van der Waals surface area contributed by atoms with Gasteiger partial charge in [0.1, 0.15) is 3.70 Å². The van der Waals surface area contributed by atoms with Crippen LogP contribution in [-0.4, -0.2) is 19.6 Å². The van der Waals surface area contributed by atoms with Gasteiger partial charge in [0, 0.05) is 0 Å². The Hall–Kier alpha value is -1.12. The van der Waals surface area contributed by atoms with Crippen LogP contribution in [0, 0.1) is 3.70 Å². The van der Waals surface area contributed by atoms with Crippen LogP contribution in [0.4, 0.5) is 0 Å². The summed E-state index contributed by atoms with van der Waals surface area (Å²) >= 11 is 1.95. The lowest BCUT2D eigenvalue weighted by molar-refractivity contribution is 0.839. The zero-order chi connectivity index (χ0) is 8.72. The Morgan fingerprint density at radius 1 is 1.50 bits per heavy atom. The topological polar surface area (TPSA) is 83.0 Å². The lowest BCUT2D eigenvalue weighted by atomic mass is 10.8. The van der Waals surface area contributed by atoms with Gasteiger partial charge < -0.3 is 0 Å². The van der Waals surface area contributed by atoms with E-state index in [4.69, 9.17) is 0 Å².